The monoisotopic (exact) mass is 303 g/mol. The smallest absolute Gasteiger partial charge is 0.251 e. The van der Waals surface area contributed by atoms with Gasteiger partial charge in [-0.15, -0.1) is 0 Å². The molecule has 0 aliphatic heterocycles. The number of nitrogens with zero attached hydrogens (tertiary/aromatic N) is 1. The molecule has 1 aromatic carbocycles. The Morgan fingerprint density at radius 3 is 2.81 bits per heavy atom. The fraction of sp³-hybridized carbons (Fsp3) is 0.375. The summed E-state index contributed by atoms with van der Waals surface area (Å²) in [4.78, 5) is 19.0. The number of thioether (sulfide) groups is 1. The molecule has 0 radical (unpaired) electrons. The summed E-state index contributed by atoms with van der Waals surface area (Å²) in [7, 11) is 0. The van der Waals surface area contributed by atoms with Crippen molar-refractivity contribution in [3.05, 3.63) is 57.5 Å². The summed E-state index contributed by atoms with van der Waals surface area (Å²) in [5.74, 6) is 0. The Kier molecular flexibility index (Phi) is 5.59. The molecule has 2 rings (SSSR count). The predicted octanol–water partition coefficient (Wildman–Crippen LogP) is 2.82. The third-order valence-electron chi connectivity index (χ3n) is 3.28. The Morgan fingerprint density at radius 1 is 1.38 bits per heavy atom. The molecular weight excluding hydrogens is 282 g/mol. The number of hydrogen-bond donors (Lipinski definition) is 2. The summed E-state index contributed by atoms with van der Waals surface area (Å²) in [5.41, 5.74) is 9.04. The molecule has 2 aromatic rings. The lowest BCUT2D eigenvalue weighted by molar-refractivity contribution is 0.810. The van der Waals surface area contributed by atoms with Crippen molar-refractivity contribution in [3.63, 3.8) is 0 Å². The highest BCUT2D eigenvalue weighted by atomic mass is 32.2. The van der Waals surface area contributed by atoms with Crippen LogP contribution in [0.2, 0.25) is 0 Å². The highest BCUT2D eigenvalue weighted by molar-refractivity contribution is 7.99. The fourth-order valence-electron chi connectivity index (χ4n) is 2.24. The Hall–Kier alpha value is -1.59. The van der Waals surface area contributed by atoms with Gasteiger partial charge in [0.05, 0.1) is 0 Å². The van der Waals surface area contributed by atoms with Crippen molar-refractivity contribution in [2.24, 2.45) is 5.73 Å². The number of rotatable bonds is 6. The van der Waals surface area contributed by atoms with Gasteiger partial charge in [-0.1, -0.05) is 49.4 Å². The minimum atomic E-state index is -0.100. The van der Waals surface area contributed by atoms with Crippen molar-refractivity contribution in [3.8, 4) is 0 Å². The van der Waals surface area contributed by atoms with E-state index in [0.717, 1.165) is 18.5 Å². The van der Waals surface area contributed by atoms with Gasteiger partial charge in [0.2, 0.25) is 0 Å². The van der Waals surface area contributed by atoms with Crippen LogP contribution in [-0.2, 0) is 6.42 Å². The zero-order valence-electron chi connectivity index (χ0n) is 12.4. The molecule has 0 aliphatic rings. The predicted molar refractivity (Wildman–Crippen MR) is 87.7 cm³/mol. The molecule has 1 atom stereocenters. The number of aryl methyl sites for hydroxylation is 2. The number of aromatic amines is 1. The standard InChI is InChI=1S/C16H21N3OS/c1-3-6-12-9-15(20)19-16(18-12)21-14(10-17)13-8-5-4-7-11(13)2/h4-5,7-9,14H,3,6,10,17H2,1-2H3,(H,18,19,20). The van der Waals surface area contributed by atoms with Crippen LogP contribution < -0.4 is 11.3 Å². The van der Waals surface area contributed by atoms with E-state index in [9.17, 15) is 4.79 Å². The van der Waals surface area contributed by atoms with Gasteiger partial charge >= 0.3 is 0 Å². The van der Waals surface area contributed by atoms with Gasteiger partial charge in [0.1, 0.15) is 0 Å². The van der Waals surface area contributed by atoms with Crippen molar-refractivity contribution < 1.29 is 0 Å². The van der Waals surface area contributed by atoms with Gasteiger partial charge in [0.25, 0.3) is 5.56 Å². The summed E-state index contributed by atoms with van der Waals surface area (Å²) in [5, 5.41) is 0.732. The SMILES string of the molecule is CCCc1cc(=O)[nH]c(SC(CN)c2ccccc2C)n1. The fourth-order valence-corrected chi connectivity index (χ4v) is 3.33. The molecule has 0 fully saturated rings. The van der Waals surface area contributed by atoms with E-state index in [0.29, 0.717) is 11.7 Å². The number of benzene rings is 1. The first-order valence-corrected chi connectivity index (χ1v) is 8.04. The summed E-state index contributed by atoms with van der Waals surface area (Å²) < 4.78 is 0. The number of aromatic nitrogens is 2. The largest absolute Gasteiger partial charge is 0.329 e. The summed E-state index contributed by atoms with van der Waals surface area (Å²) in [6, 6.07) is 9.74. The maximum absolute atomic E-state index is 11.7. The number of hydrogen-bond acceptors (Lipinski definition) is 4. The van der Waals surface area contributed by atoms with Crippen LogP contribution in [-0.4, -0.2) is 16.5 Å². The molecule has 0 bridgehead atoms. The van der Waals surface area contributed by atoms with E-state index in [-0.39, 0.29) is 10.8 Å². The third-order valence-corrected chi connectivity index (χ3v) is 4.43. The zero-order chi connectivity index (χ0) is 15.2. The second-order valence-electron chi connectivity index (χ2n) is 4.99. The van der Waals surface area contributed by atoms with Crippen LogP contribution in [0, 0.1) is 6.92 Å². The van der Waals surface area contributed by atoms with Gasteiger partial charge in [0.15, 0.2) is 5.16 Å². The first kappa shape index (κ1) is 15.8. The third kappa shape index (κ3) is 4.19. The van der Waals surface area contributed by atoms with E-state index in [1.807, 2.05) is 12.1 Å². The maximum atomic E-state index is 11.7. The highest BCUT2D eigenvalue weighted by Gasteiger charge is 2.15. The summed E-state index contributed by atoms with van der Waals surface area (Å²) >= 11 is 1.52. The van der Waals surface area contributed by atoms with E-state index < -0.39 is 0 Å². The molecule has 0 aliphatic carbocycles. The summed E-state index contributed by atoms with van der Waals surface area (Å²) in [6.07, 6.45) is 1.79. The Bertz CT molecular complexity index is 654. The molecule has 5 heteroatoms. The van der Waals surface area contributed by atoms with Gasteiger partial charge in [-0.2, -0.15) is 0 Å². The first-order valence-electron chi connectivity index (χ1n) is 7.16. The van der Waals surface area contributed by atoms with Crippen LogP contribution >= 0.6 is 11.8 Å². The zero-order valence-corrected chi connectivity index (χ0v) is 13.2. The van der Waals surface area contributed by atoms with Crippen molar-refractivity contribution in [2.75, 3.05) is 6.54 Å². The van der Waals surface area contributed by atoms with Crippen molar-refractivity contribution >= 4 is 11.8 Å². The van der Waals surface area contributed by atoms with Gasteiger partial charge in [-0.05, 0) is 24.5 Å². The van der Waals surface area contributed by atoms with Crippen LogP contribution in [0.3, 0.4) is 0 Å². The average molecular weight is 303 g/mol. The van der Waals surface area contributed by atoms with E-state index in [2.05, 4.69) is 35.9 Å². The molecule has 3 N–H and O–H groups in total. The molecule has 112 valence electrons. The quantitative estimate of drug-likeness (QED) is 0.636. The molecule has 0 amide bonds. The van der Waals surface area contributed by atoms with Gasteiger partial charge in [0, 0.05) is 23.6 Å². The maximum Gasteiger partial charge on any atom is 0.251 e. The van der Waals surface area contributed by atoms with Crippen molar-refractivity contribution in [1.29, 1.82) is 0 Å². The van der Waals surface area contributed by atoms with Crippen LogP contribution in [0.15, 0.2) is 40.3 Å². The topological polar surface area (TPSA) is 71.8 Å². The van der Waals surface area contributed by atoms with Crippen LogP contribution in [0.4, 0.5) is 0 Å². The molecule has 1 aromatic heterocycles. The number of H-pyrrole nitrogens is 1. The van der Waals surface area contributed by atoms with Crippen molar-refractivity contribution in [2.45, 2.75) is 37.1 Å². The highest BCUT2D eigenvalue weighted by Crippen LogP contribution is 2.33. The Labute approximate surface area is 129 Å². The second-order valence-corrected chi connectivity index (χ2v) is 6.18. The van der Waals surface area contributed by atoms with E-state index in [1.165, 1.54) is 22.9 Å². The van der Waals surface area contributed by atoms with Gasteiger partial charge < -0.3 is 10.7 Å². The Morgan fingerprint density at radius 2 is 2.14 bits per heavy atom. The lowest BCUT2D eigenvalue weighted by atomic mass is 10.1. The first-order chi connectivity index (χ1) is 10.1. The van der Waals surface area contributed by atoms with Gasteiger partial charge in [-0.3, -0.25) is 4.79 Å². The Balaban J connectivity index is 2.27. The number of nitrogens with two attached hydrogens (primary N) is 1. The molecule has 0 spiro atoms. The molecule has 0 saturated heterocycles. The van der Waals surface area contributed by atoms with Crippen molar-refractivity contribution in [1.82, 2.24) is 9.97 Å². The lowest BCUT2D eigenvalue weighted by Gasteiger charge is -2.16. The molecular formula is C16H21N3OS. The van der Waals surface area contributed by atoms with E-state index in [1.54, 1.807) is 6.07 Å². The van der Waals surface area contributed by atoms with E-state index in [4.69, 9.17) is 5.73 Å². The van der Waals surface area contributed by atoms with Crippen LogP contribution in [0.5, 0.6) is 0 Å². The minimum Gasteiger partial charge on any atom is -0.329 e. The molecule has 1 unspecified atom stereocenters. The van der Waals surface area contributed by atoms with Crippen LogP contribution in [0.1, 0.15) is 35.4 Å². The van der Waals surface area contributed by atoms with Crippen LogP contribution in [0.25, 0.3) is 0 Å². The van der Waals surface area contributed by atoms with Gasteiger partial charge in [-0.25, -0.2) is 4.98 Å². The molecule has 0 saturated carbocycles. The second kappa shape index (κ2) is 7.43. The molecule has 21 heavy (non-hydrogen) atoms. The number of nitrogens with one attached hydrogen (secondary N) is 1. The lowest BCUT2D eigenvalue weighted by Crippen LogP contribution is -2.14. The van der Waals surface area contributed by atoms with E-state index >= 15 is 0 Å². The normalized spacial score (nSPS) is 12.3. The molecule has 1 heterocycles. The minimum absolute atomic E-state index is 0.0891. The average Bonchev–Trinajstić information content (AvgIpc) is 2.45. The molecule has 4 nitrogen and oxygen atoms in total. The summed E-state index contributed by atoms with van der Waals surface area (Å²) in [6.45, 7) is 4.64.